The third-order valence-corrected chi connectivity index (χ3v) is 3.51. The van der Waals surface area contributed by atoms with Gasteiger partial charge in [0, 0.05) is 12.1 Å². The van der Waals surface area contributed by atoms with Gasteiger partial charge in [-0.3, -0.25) is 10.1 Å². The molecule has 1 atom stereocenters. The lowest BCUT2D eigenvalue weighted by atomic mass is 9.92. The Morgan fingerprint density at radius 2 is 2.22 bits per heavy atom. The summed E-state index contributed by atoms with van der Waals surface area (Å²) < 4.78 is 13.7. The Bertz CT molecular complexity index is 474. The number of para-hydroxylation sites is 1. The largest absolute Gasteiger partial charge is 0.374 e. The molecule has 0 heterocycles. The second kappa shape index (κ2) is 4.55. The molecule has 0 spiro atoms. The fourth-order valence-electron chi connectivity index (χ4n) is 2.57. The number of halogens is 1. The van der Waals surface area contributed by atoms with Crippen LogP contribution < -0.4 is 5.32 Å². The highest BCUT2D eigenvalue weighted by atomic mass is 19.1. The first kappa shape index (κ1) is 12.8. The fourth-order valence-corrected chi connectivity index (χ4v) is 2.57. The normalized spacial score (nSPS) is 21.8. The quantitative estimate of drug-likeness (QED) is 0.658. The zero-order valence-electron chi connectivity index (χ0n) is 10.6. The van der Waals surface area contributed by atoms with Crippen LogP contribution in [-0.2, 0) is 0 Å². The smallest absolute Gasteiger partial charge is 0.295 e. The first-order valence-electron chi connectivity index (χ1n) is 6.08. The molecule has 1 aromatic carbocycles. The Morgan fingerprint density at radius 3 is 2.78 bits per heavy atom. The third-order valence-electron chi connectivity index (χ3n) is 3.51. The molecule has 0 radical (unpaired) electrons. The second-order valence-electron chi connectivity index (χ2n) is 5.64. The van der Waals surface area contributed by atoms with Gasteiger partial charge in [0.25, 0.3) is 5.69 Å². The summed E-state index contributed by atoms with van der Waals surface area (Å²) in [6.07, 6.45) is 2.86. The Balaban J connectivity index is 2.21. The second-order valence-corrected chi connectivity index (χ2v) is 5.64. The van der Waals surface area contributed by atoms with Crippen LogP contribution in [0.5, 0.6) is 0 Å². The minimum absolute atomic E-state index is 0.0187. The van der Waals surface area contributed by atoms with Gasteiger partial charge >= 0.3 is 0 Å². The van der Waals surface area contributed by atoms with E-state index in [0.717, 1.165) is 19.3 Å². The summed E-state index contributed by atoms with van der Waals surface area (Å²) in [5.74, 6) is -0.561. The number of nitrogens with one attached hydrogen (secondary N) is 1. The van der Waals surface area contributed by atoms with E-state index in [0.29, 0.717) is 0 Å². The molecular formula is C13H17FN2O2. The van der Waals surface area contributed by atoms with E-state index in [1.807, 2.05) is 0 Å². The molecule has 98 valence electrons. The molecular weight excluding hydrogens is 235 g/mol. The van der Waals surface area contributed by atoms with Crippen molar-refractivity contribution in [2.75, 3.05) is 5.32 Å². The molecule has 0 aliphatic heterocycles. The van der Waals surface area contributed by atoms with E-state index in [1.165, 1.54) is 18.2 Å². The number of hydrogen-bond acceptors (Lipinski definition) is 3. The maximum atomic E-state index is 13.7. The van der Waals surface area contributed by atoms with E-state index < -0.39 is 10.7 Å². The van der Waals surface area contributed by atoms with Crippen LogP contribution in [0.2, 0.25) is 0 Å². The van der Waals surface area contributed by atoms with Crippen molar-refractivity contribution in [2.45, 2.75) is 39.2 Å². The number of hydrogen-bond donors (Lipinski definition) is 1. The summed E-state index contributed by atoms with van der Waals surface area (Å²) in [5, 5.41) is 13.9. The van der Waals surface area contributed by atoms with Gasteiger partial charge in [-0.25, -0.2) is 4.39 Å². The lowest BCUT2D eigenvalue weighted by Crippen LogP contribution is -2.19. The van der Waals surface area contributed by atoms with Crippen LogP contribution in [0.25, 0.3) is 0 Å². The third kappa shape index (κ3) is 2.60. The van der Waals surface area contributed by atoms with Crippen molar-refractivity contribution in [3.8, 4) is 0 Å². The zero-order valence-corrected chi connectivity index (χ0v) is 10.6. The van der Waals surface area contributed by atoms with Crippen LogP contribution in [0.1, 0.15) is 33.1 Å². The van der Waals surface area contributed by atoms with E-state index in [-0.39, 0.29) is 22.8 Å². The van der Waals surface area contributed by atoms with E-state index in [1.54, 1.807) is 0 Å². The van der Waals surface area contributed by atoms with E-state index in [4.69, 9.17) is 0 Å². The van der Waals surface area contributed by atoms with Gasteiger partial charge in [0.15, 0.2) is 5.82 Å². The molecule has 1 aliphatic rings. The first-order valence-corrected chi connectivity index (χ1v) is 6.08. The Labute approximate surface area is 105 Å². The molecule has 1 unspecified atom stereocenters. The molecule has 4 nitrogen and oxygen atoms in total. The highest BCUT2D eigenvalue weighted by molar-refractivity contribution is 5.62. The van der Waals surface area contributed by atoms with Crippen molar-refractivity contribution in [2.24, 2.45) is 5.41 Å². The topological polar surface area (TPSA) is 55.2 Å². The maximum absolute atomic E-state index is 13.7. The fraction of sp³-hybridized carbons (Fsp3) is 0.538. The van der Waals surface area contributed by atoms with Crippen molar-refractivity contribution in [3.63, 3.8) is 0 Å². The molecule has 1 fully saturated rings. The Kier molecular flexibility index (Phi) is 3.24. The predicted molar refractivity (Wildman–Crippen MR) is 68.1 cm³/mol. The van der Waals surface area contributed by atoms with Gasteiger partial charge in [-0.2, -0.15) is 0 Å². The predicted octanol–water partition coefficient (Wildman–Crippen LogP) is 3.72. The van der Waals surface area contributed by atoms with Crippen LogP contribution in [0, 0.1) is 21.3 Å². The average molecular weight is 252 g/mol. The van der Waals surface area contributed by atoms with Gasteiger partial charge in [0.05, 0.1) is 4.92 Å². The number of nitro groups is 1. The number of benzene rings is 1. The maximum Gasteiger partial charge on any atom is 0.295 e. The van der Waals surface area contributed by atoms with Crippen molar-refractivity contribution in [1.82, 2.24) is 0 Å². The molecule has 1 saturated carbocycles. The van der Waals surface area contributed by atoms with Gasteiger partial charge in [-0.1, -0.05) is 19.9 Å². The summed E-state index contributed by atoms with van der Waals surface area (Å²) in [4.78, 5) is 10.3. The molecule has 1 aliphatic carbocycles. The number of anilines is 1. The summed E-state index contributed by atoms with van der Waals surface area (Å²) in [5.41, 5.74) is 0.0439. The van der Waals surface area contributed by atoms with Gasteiger partial charge in [0.1, 0.15) is 5.69 Å². The first-order chi connectivity index (χ1) is 8.39. The van der Waals surface area contributed by atoms with Crippen molar-refractivity contribution in [1.29, 1.82) is 0 Å². The lowest BCUT2D eigenvalue weighted by molar-refractivity contribution is -0.384. The summed E-state index contributed by atoms with van der Waals surface area (Å²) in [6.45, 7) is 4.31. The summed E-state index contributed by atoms with van der Waals surface area (Å²) >= 11 is 0. The molecule has 0 bridgehead atoms. The van der Waals surface area contributed by atoms with Gasteiger partial charge in [0.2, 0.25) is 0 Å². The number of nitro benzene ring substituents is 1. The van der Waals surface area contributed by atoms with Crippen LogP contribution >= 0.6 is 0 Å². The van der Waals surface area contributed by atoms with E-state index in [2.05, 4.69) is 19.2 Å². The van der Waals surface area contributed by atoms with Crippen LogP contribution in [0.3, 0.4) is 0 Å². The molecule has 2 rings (SSSR count). The number of rotatable bonds is 3. The summed E-state index contributed by atoms with van der Waals surface area (Å²) in [7, 11) is 0. The number of nitrogens with zero attached hydrogens (tertiary/aromatic N) is 1. The lowest BCUT2D eigenvalue weighted by Gasteiger charge is -2.18. The molecule has 0 saturated heterocycles. The van der Waals surface area contributed by atoms with Gasteiger partial charge in [-0.05, 0) is 30.7 Å². The highest BCUT2D eigenvalue weighted by Crippen LogP contribution is 2.39. The standard InChI is InChI=1S/C13H17FN2O2/c1-13(2)7-6-9(8-13)15-12-10(14)4-3-5-11(12)16(17)18/h3-5,9,15H,6-8H2,1-2H3. The van der Waals surface area contributed by atoms with Crippen molar-refractivity contribution < 1.29 is 9.31 Å². The molecule has 0 amide bonds. The van der Waals surface area contributed by atoms with Crippen molar-refractivity contribution >= 4 is 11.4 Å². The molecule has 1 aromatic rings. The molecule has 18 heavy (non-hydrogen) atoms. The van der Waals surface area contributed by atoms with Crippen molar-refractivity contribution in [3.05, 3.63) is 34.1 Å². The highest BCUT2D eigenvalue weighted by Gasteiger charge is 2.32. The Morgan fingerprint density at radius 1 is 1.50 bits per heavy atom. The zero-order chi connectivity index (χ0) is 13.3. The Hall–Kier alpha value is -1.65. The van der Waals surface area contributed by atoms with Gasteiger partial charge in [-0.15, -0.1) is 0 Å². The van der Waals surface area contributed by atoms with Gasteiger partial charge < -0.3 is 5.32 Å². The van der Waals surface area contributed by atoms with E-state index >= 15 is 0 Å². The van der Waals surface area contributed by atoms with Crippen LogP contribution in [-0.4, -0.2) is 11.0 Å². The minimum Gasteiger partial charge on any atom is -0.374 e. The molecule has 0 aromatic heterocycles. The monoisotopic (exact) mass is 252 g/mol. The SMILES string of the molecule is CC1(C)CCC(Nc2c(F)cccc2[N+](=O)[O-])C1. The molecule has 5 heteroatoms. The van der Waals surface area contributed by atoms with E-state index in [9.17, 15) is 14.5 Å². The van der Waals surface area contributed by atoms with Crippen LogP contribution in [0.4, 0.5) is 15.8 Å². The van der Waals surface area contributed by atoms with Crippen LogP contribution in [0.15, 0.2) is 18.2 Å². The average Bonchev–Trinajstić information content (AvgIpc) is 2.61. The minimum atomic E-state index is -0.561. The molecule has 1 N–H and O–H groups in total. The summed E-state index contributed by atoms with van der Waals surface area (Å²) in [6, 6.07) is 4.04.